The van der Waals surface area contributed by atoms with E-state index in [-0.39, 0.29) is 5.91 Å². The molecule has 5 nitrogen and oxygen atoms in total. The van der Waals surface area contributed by atoms with Gasteiger partial charge in [0.15, 0.2) is 11.5 Å². The number of rotatable bonds is 6. The Kier molecular flexibility index (Phi) is 5.94. The van der Waals surface area contributed by atoms with Crippen LogP contribution in [0.3, 0.4) is 0 Å². The number of hydrogen-bond donors (Lipinski definition) is 1. The number of nitrogens with zero attached hydrogens (tertiary/aromatic N) is 1. The van der Waals surface area contributed by atoms with Gasteiger partial charge in [-0.05, 0) is 42.0 Å². The Morgan fingerprint density at radius 1 is 1.04 bits per heavy atom. The minimum Gasteiger partial charge on any atom is -0.493 e. The summed E-state index contributed by atoms with van der Waals surface area (Å²) in [5.74, 6) is 1.11. The van der Waals surface area contributed by atoms with Crippen LogP contribution < -0.4 is 14.8 Å². The van der Waals surface area contributed by atoms with E-state index < -0.39 is 0 Å². The van der Waals surface area contributed by atoms with Crippen molar-refractivity contribution in [1.82, 2.24) is 10.3 Å². The van der Waals surface area contributed by atoms with Gasteiger partial charge in [0.25, 0.3) is 5.91 Å². The lowest BCUT2D eigenvalue weighted by Crippen LogP contribution is -2.22. The number of aromatic nitrogens is 1. The second-order valence-electron chi connectivity index (χ2n) is 5.78. The minimum atomic E-state index is -0.163. The van der Waals surface area contributed by atoms with Crippen LogP contribution in [0.4, 0.5) is 0 Å². The molecule has 0 saturated heterocycles. The van der Waals surface area contributed by atoms with Gasteiger partial charge in [0.2, 0.25) is 0 Å². The maximum Gasteiger partial charge on any atom is 0.251 e. The van der Waals surface area contributed by atoms with Gasteiger partial charge in [0.1, 0.15) is 0 Å². The van der Waals surface area contributed by atoms with Crippen LogP contribution in [0.1, 0.15) is 15.9 Å². The Labute approximate surface area is 162 Å². The number of carbonyl (C=O) groups is 1. The van der Waals surface area contributed by atoms with E-state index in [4.69, 9.17) is 21.1 Å². The van der Waals surface area contributed by atoms with Gasteiger partial charge in [-0.3, -0.25) is 9.78 Å². The van der Waals surface area contributed by atoms with Crippen molar-refractivity contribution in [2.45, 2.75) is 6.54 Å². The second kappa shape index (κ2) is 8.56. The topological polar surface area (TPSA) is 60.5 Å². The zero-order valence-electron chi connectivity index (χ0n) is 15.0. The summed E-state index contributed by atoms with van der Waals surface area (Å²) >= 11 is 6.16. The highest BCUT2D eigenvalue weighted by molar-refractivity contribution is 6.33. The van der Waals surface area contributed by atoms with Crippen molar-refractivity contribution in [2.24, 2.45) is 0 Å². The number of halogens is 1. The second-order valence-corrected chi connectivity index (χ2v) is 6.19. The Morgan fingerprint density at radius 3 is 2.44 bits per heavy atom. The third-order valence-electron chi connectivity index (χ3n) is 4.08. The molecule has 0 unspecified atom stereocenters. The Balaban J connectivity index is 1.67. The zero-order chi connectivity index (χ0) is 19.2. The fourth-order valence-corrected chi connectivity index (χ4v) is 2.88. The Bertz CT molecular complexity index is 942. The molecule has 2 aromatic carbocycles. The monoisotopic (exact) mass is 382 g/mol. The van der Waals surface area contributed by atoms with Crippen molar-refractivity contribution in [3.05, 3.63) is 76.9 Å². The van der Waals surface area contributed by atoms with Crippen LogP contribution in [0, 0.1) is 0 Å². The minimum absolute atomic E-state index is 0.163. The molecule has 3 aromatic rings. The zero-order valence-corrected chi connectivity index (χ0v) is 15.8. The van der Waals surface area contributed by atoms with Gasteiger partial charge < -0.3 is 14.8 Å². The number of pyridine rings is 1. The van der Waals surface area contributed by atoms with Crippen LogP contribution in [0.15, 0.2) is 60.8 Å². The average molecular weight is 383 g/mol. The normalized spacial score (nSPS) is 10.3. The van der Waals surface area contributed by atoms with Gasteiger partial charge in [-0.2, -0.15) is 0 Å². The summed E-state index contributed by atoms with van der Waals surface area (Å²) in [5.41, 5.74) is 3.03. The summed E-state index contributed by atoms with van der Waals surface area (Å²) in [7, 11) is 3.16. The Hall–Kier alpha value is -3.05. The molecule has 1 N–H and O–H groups in total. The molecular weight excluding hydrogens is 364 g/mol. The molecule has 138 valence electrons. The molecule has 0 bridgehead atoms. The molecule has 0 aliphatic carbocycles. The molecule has 0 aliphatic heterocycles. The van der Waals surface area contributed by atoms with Gasteiger partial charge >= 0.3 is 0 Å². The lowest BCUT2D eigenvalue weighted by Gasteiger charge is -2.10. The van der Waals surface area contributed by atoms with Gasteiger partial charge in [-0.15, -0.1) is 0 Å². The smallest absolute Gasteiger partial charge is 0.251 e. The van der Waals surface area contributed by atoms with Crippen molar-refractivity contribution in [2.75, 3.05) is 14.2 Å². The van der Waals surface area contributed by atoms with E-state index >= 15 is 0 Å². The molecule has 0 radical (unpaired) electrons. The van der Waals surface area contributed by atoms with Crippen molar-refractivity contribution in [3.8, 4) is 22.8 Å². The number of benzene rings is 2. The fraction of sp³-hybridized carbons (Fsp3) is 0.143. The quantitative estimate of drug-likeness (QED) is 0.688. The first-order valence-electron chi connectivity index (χ1n) is 8.32. The molecule has 1 heterocycles. The number of hydrogen-bond acceptors (Lipinski definition) is 4. The predicted octanol–water partition coefficient (Wildman–Crippen LogP) is 4.35. The van der Waals surface area contributed by atoms with Gasteiger partial charge in [0.05, 0.1) is 24.9 Å². The van der Waals surface area contributed by atoms with E-state index in [2.05, 4.69) is 10.3 Å². The summed E-state index contributed by atoms with van der Waals surface area (Å²) in [4.78, 5) is 16.7. The lowest BCUT2D eigenvalue weighted by molar-refractivity contribution is 0.0951. The van der Waals surface area contributed by atoms with Crippen molar-refractivity contribution >= 4 is 17.5 Å². The summed E-state index contributed by atoms with van der Waals surface area (Å²) in [6, 6.07) is 16.3. The average Bonchev–Trinajstić information content (AvgIpc) is 2.72. The summed E-state index contributed by atoms with van der Waals surface area (Å²) in [5, 5.41) is 3.47. The maximum atomic E-state index is 12.4. The largest absolute Gasteiger partial charge is 0.493 e. The fourth-order valence-electron chi connectivity index (χ4n) is 2.65. The van der Waals surface area contributed by atoms with E-state index in [9.17, 15) is 4.79 Å². The number of ether oxygens (including phenoxy) is 2. The molecule has 1 amide bonds. The van der Waals surface area contributed by atoms with Crippen molar-refractivity contribution in [3.63, 3.8) is 0 Å². The molecule has 1 aromatic heterocycles. The molecule has 0 atom stereocenters. The van der Waals surface area contributed by atoms with E-state index in [0.717, 1.165) is 11.1 Å². The van der Waals surface area contributed by atoms with Crippen LogP contribution in [0.2, 0.25) is 5.02 Å². The van der Waals surface area contributed by atoms with Crippen molar-refractivity contribution in [1.29, 1.82) is 0 Å². The van der Waals surface area contributed by atoms with Gasteiger partial charge in [-0.25, -0.2) is 0 Å². The van der Waals surface area contributed by atoms with Crippen LogP contribution in [-0.2, 0) is 6.54 Å². The third-order valence-corrected chi connectivity index (χ3v) is 4.39. The molecule has 0 spiro atoms. The van der Waals surface area contributed by atoms with Crippen LogP contribution >= 0.6 is 11.6 Å². The maximum absolute atomic E-state index is 12.4. The van der Waals surface area contributed by atoms with Crippen LogP contribution in [-0.4, -0.2) is 25.1 Å². The van der Waals surface area contributed by atoms with E-state index in [0.29, 0.717) is 34.3 Å². The van der Waals surface area contributed by atoms with Gasteiger partial charge in [-0.1, -0.05) is 29.8 Å². The predicted molar refractivity (Wildman–Crippen MR) is 105 cm³/mol. The van der Waals surface area contributed by atoms with E-state index in [1.165, 1.54) is 0 Å². The molecule has 0 fully saturated rings. The molecule has 0 saturated carbocycles. The summed E-state index contributed by atoms with van der Waals surface area (Å²) < 4.78 is 10.5. The molecular formula is C21H19ClN2O3. The lowest BCUT2D eigenvalue weighted by atomic mass is 10.1. The first-order valence-corrected chi connectivity index (χ1v) is 8.70. The summed E-state index contributed by atoms with van der Waals surface area (Å²) in [6.45, 7) is 0.382. The molecule has 6 heteroatoms. The SMILES string of the molecule is COc1ccc(CNC(=O)c2ccc(-c3ncccc3Cl)cc2)cc1OC. The third kappa shape index (κ3) is 4.38. The molecule has 0 aliphatic rings. The highest BCUT2D eigenvalue weighted by Gasteiger charge is 2.09. The summed E-state index contributed by atoms with van der Waals surface area (Å²) in [6.07, 6.45) is 1.69. The van der Waals surface area contributed by atoms with Crippen LogP contribution in [0.25, 0.3) is 11.3 Å². The van der Waals surface area contributed by atoms with Gasteiger partial charge in [0, 0.05) is 23.9 Å². The molecule has 3 rings (SSSR count). The number of nitrogens with one attached hydrogen (secondary N) is 1. The van der Waals surface area contributed by atoms with E-state index in [1.807, 2.05) is 30.3 Å². The Morgan fingerprint density at radius 2 is 1.78 bits per heavy atom. The number of carbonyl (C=O) groups excluding carboxylic acids is 1. The number of methoxy groups -OCH3 is 2. The first-order chi connectivity index (χ1) is 13.1. The van der Waals surface area contributed by atoms with E-state index in [1.54, 1.807) is 44.7 Å². The standard InChI is InChI=1S/C21H19ClN2O3/c1-26-18-10-5-14(12-19(18)27-2)13-24-21(25)16-8-6-15(7-9-16)20-17(22)4-3-11-23-20/h3-12H,13H2,1-2H3,(H,24,25). The van der Waals surface area contributed by atoms with Crippen LogP contribution in [0.5, 0.6) is 11.5 Å². The highest BCUT2D eigenvalue weighted by Crippen LogP contribution is 2.28. The number of amides is 1. The first kappa shape index (κ1) is 18.7. The highest BCUT2D eigenvalue weighted by atomic mass is 35.5. The van der Waals surface area contributed by atoms with Crippen molar-refractivity contribution < 1.29 is 14.3 Å². The molecule has 27 heavy (non-hydrogen) atoms.